The molecule has 0 fully saturated rings. The van der Waals surface area contributed by atoms with Gasteiger partial charge in [-0.25, -0.2) is 0 Å². The molecule has 1 aromatic carbocycles. The van der Waals surface area contributed by atoms with Crippen molar-refractivity contribution in [2.45, 2.75) is 0 Å². The molecule has 0 aliphatic carbocycles. The molecule has 3 heteroatoms. The van der Waals surface area contributed by atoms with Gasteiger partial charge < -0.3 is 4.74 Å². The third-order valence-corrected chi connectivity index (χ3v) is 2.39. The van der Waals surface area contributed by atoms with Crippen molar-refractivity contribution in [1.29, 1.82) is 0 Å². The van der Waals surface area contributed by atoms with Crippen molar-refractivity contribution in [3.63, 3.8) is 0 Å². The fourth-order valence-corrected chi connectivity index (χ4v) is 1.10. The van der Waals surface area contributed by atoms with Crippen LogP contribution in [0, 0.1) is 6.92 Å². The molecule has 0 amide bonds. The molecule has 0 bridgehead atoms. The number of rotatable bonds is 2. The molecule has 0 heterocycles. The van der Waals surface area contributed by atoms with Gasteiger partial charge in [0, 0.05) is 4.47 Å². The van der Waals surface area contributed by atoms with E-state index in [4.69, 9.17) is 16.3 Å². The Morgan fingerprint density at radius 3 is 2.82 bits per heavy atom. The van der Waals surface area contributed by atoms with Crippen LogP contribution in [0.5, 0.6) is 5.75 Å². The van der Waals surface area contributed by atoms with Gasteiger partial charge in [-0.05, 0) is 41.1 Å². The van der Waals surface area contributed by atoms with E-state index in [1.165, 1.54) is 0 Å². The van der Waals surface area contributed by atoms with Crippen LogP contribution >= 0.6 is 27.5 Å². The summed E-state index contributed by atoms with van der Waals surface area (Å²) in [5.41, 5.74) is 0. The maximum atomic E-state index is 5.80. The Balaban J connectivity index is 2.86. The van der Waals surface area contributed by atoms with Crippen LogP contribution in [0.4, 0.5) is 0 Å². The first-order valence-corrected chi connectivity index (χ1v) is 4.28. The molecule has 0 saturated carbocycles. The van der Waals surface area contributed by atoms with E-state index in [1.807, 2.05) is 12.1 Å². The van der Waals surface area contributed by atoms with Gasteiger partial charge in [0.25, 0.3) is 0 Å². The van der Waals surface area contributed by atoms with E-state index in [2.05, 4.69) is 22.9 Å². The van der Waals surface area contributed by atoms with Gasteiger partial charge in [0.1, 0.15) is 5.75 Å². The van der Waals surface area contributed by atoms with Crippen LogP contribution in [0.3, 0.4) is 0 Å². The van der Waals surface area contributed by atoms with Gasteiger partial charge >= 0.3 is 0 Å². The average molecular weight is 234 g/mol. The molecule has 0 N–H and O–H groups in total. The molecule has 1 rings (SSSR count). The maximum Gasteiger partial charge on any atom is 0.120 e. The molecule has 1 aromatic rings. The van der Waals surface area contributed by atoms with Crippen molar-refractivity contribution in [3.8, 4) is 5.75 Å². The second-order valence-electron chi connectivity index (χ2n) is 1.92. The lowest BCUT2D eigenvalue weighted by molar-refractivity contribution is 0.361. The van der Waals surface area contributed by atoms with Crippen LogP contribution in [-0.4, -0.2) is 6.61 Å². The van der Waals surface area contributed by atoms with E-state index in [0.717, 1.165) is 10.2 Å². The minimum absolute atomic E-state index is 0.415. The molecule has 11 heavy (non-hydrogen) atoms. The number of benzene rings is 1. The number of hydrogen-bond donors (Lipinski definition) is 0. The highest BCUT2D eigenvalue weighted by atomic mass is 79.9. The fourth-order valence-electron chi connectivity index (χ4n) is 0.684. The summed E-state index contributed by atoms with van der Waals surface area (Å²) in [6.07, 6.45) is 0. The molecule has 0 unspecified atom stereocenters. The standard InChI is InChI=1S/C8H7BrClO/c1-2-11-6-3-4-7(9)8(10)5-6/h3-5H,1-2H2. The summed E-state index contributed by atoms with van der Waals surface area (Å²) in [6.45, 7) is 3.97. The van der Waals surface area contributed by atoms with Crippen molar-refractivity contribution < 1.29 is 4.74 Å². The Kier molecular flexibility index (Phi) is 3.21. The predicted octanol–water partition coefficient (Wildman–Crippen LogP) is 3.32. The van der Waals surface area contributed by atoms with E-state index < -0.39 is 0 Å². The Labute approximate surface area is 79.4 Å². The molecule has 1 nitrogen and oxygen atoms in total. The quantitative estimate of drug-likeness (QED) is 0.763. The molecule has 0 spiro atoms. The molecule has 59 valence electrons. The first-order chi connectivity index (χ1) is 5.24. The van der Waals surface area contributed by atoms with Gasteiger partial charge in [-0.1, -0.05) is 11.6 Å². The Morgan fingerprint density at radius 1 is 1.55 bits per heavy atom. The molecule has 0 atom stereocenters. The second kappa shape index (κ2) is 3.98. The lowest BCUT2D eigenvalue weighted by Gasteiger charge is -2.02. The second-order valence-corrected chi connectivity index (χ2v) is 3.19. The van der Waals surface area contributed by atoms with Crippen LogP contribution in [0.25, 0.3) is 0 Å². The van der Waals surface area contributed by atoms with Crippen molar-refractivity contribution in [1.82, 2.24) is 0 Å². The Bertz CT molecular complexity index is 250. The molecular weight excluding hydrogens is 227 g/mol. The van der Waals surface area contributed by atoms with Gasteiger partial charge in [0.05, 0.1) is 11.6 Å². The molecule has 0 aliphatic rings. The largest absolute Gasteiger partial charge is 0.494 e. The lowest BCUT2D eigenvalue weighted by atomic mass is 10.3. The van der Waals surface area contributed by atoms with Gasteiger partial charge in [-0.3, -0.25) is 0 Å². The molecule has 0 aromatic heterocycles. The third kappa shape index (κ3) is 2.38. The summed E-state index contributed by atoms with van der Waals surface area (Å²) in [7, 11) is 0. The zero-order chi connectivity index (χ0) is 8.27. The van der Waals surface area contributed by atoms with Crippen LogP contribution < -0.4 is 4.74 Å². The summed E-state index contributed by atoms with van der Waals surface area (Å²) in [5, 5.41) is 0.649. The van der Waals surface area contributed by atoms with Gasteiger partial charge in [0.2, 0.25) is 0 Å². The number of ether oxygens (including phenoxy) is 1. The van der Waals surface area contributed by atoms with Crippen LogP contribution in [-0.2, 0) is 0 Å². The summed E-state index contributed by atoms with van der Waals surface area (Å²) < 4.78 is 6.00. The van der Waals surface area contributed by atoms with E-state index >= 15 is 0 Å². The summed E-state index contributed by atoms with van der Waals surface area (Å²) in [6, 6.07) is 5.42. The van der Waals surface area contributed by atoms with E-state index in [9.17, 15) is 0 Å². The van der Waals surface area contributed by atoms with E-state index in [1.54, 1.807) is 6.07 Å². The van der Waals surface area contributed by atoms with Crippen molar-refractivity contribution in [2.75, 3.05) is 6.61 Å². The smallest absolute Gasteiger partial charge is 0.120 e. The van der Waals surface area contributed by atoms with Gasteiger partial charge in [-0.15, -0.1) is 0 Å². The fraction of sp³-hybridized carbons (Fsp3) is 0.125. The molecular formula is C8H7BrClO. The molecule has 1 radical (unpaired) electrons. The molecule has 0 aliphatic heterocycles. The van der Waals surface area contributed by atoms with E-state index in [0.29, 0.717) is 11.6 Å². The predicted molar refractivity (Wildman–Crippen MR) is 50.0 cm³/mol. The first-order valence-electron chi connectivity index (χ1n) is 3.11. The Morgan fingerprint density at radius 2 is 2.27 bits per heavy atom. The highest BCUT2D eigenvalue weighted by Gasteiger charge is 1.97. The number of halogens is 2. The SMILES string of the molecule is [CH2]COc1ccc(Br)c(Cl)c1. The average Bonchev–Trinajstić information content (AvgIpc) is 1.98. The Hall–Kier alpha value is -0.210. The maximum absolute atomic E-state index is 5.80. The van der Waals surface area contributed by atoms with Gasteiger partial charge in [-0.2, -0.15) is 0 Å². The summed E-state index contributed by atoms with van der Waals surface area (Å²) in [5.74, 6) is 0.744. The molecule has 0 saturated heterocycles. The van der Waals surface area contributed by atoms with Crippen molar-refractivity contribution in [3.05, 3.63) is 34.6 Å². The highest BCUT2D eigenvalue weighted by Crippen LogP contribution is 2.26. The minimum atomic E-state index is 0.415. The monoisotopic (exact) mass is 233 g/mol. The van der Waals surface area contributed by atoms with Crippen LogP contribution in [0.2, 0.25) is 5.02 Å². The summed E-state index contributed by atoms with van der Waals surface area (Å²) in [4.78, 5) is 0. The normalized spacial score (nSPS) is 9.73. The van der Waals surface area contributed by atoms with E-state index in [-0.39, 0.29) is 0 Å². The lowest BCUT2D eigenvalue weighted by Crippen LogP contribution is -1.90. The van der Waals surface area contributed by atoms with Crippen molar-refractivity contribution in [2.24, 2.45) is 0 Å². The minimum Gasteiger partial charge on any atom is -0.494 e. The van der Waals surface area contributed by atoms with Crippen LogP contribution in [0.1, 0.15) is 0 Å². The topological polar surface area (TPSA) is 9.23 Å². The zero-order valence-electron chi connectivity index (χ0n) is 5.81. The highest BCUT2D eigenvalue weighted by molar-refractivity contribution is 9.10. The first kappa shape index (κ1) is 8.88. The summed E-state index contributed by atoms with van der Waals surface area (Å²) >= 11 is 9.08. The zero-order valence-corrected chi connectivity index (χ0v) is 8.15. The third-order valence-electron chi connectivity index (χ3n) is 1.16. The number of hydrogen-bond acceptors (Lipinski definition) is 1. The van der Waals surface area contributed by atoms with Crippen molar-refractivity contribution >= 4 is 27.5 Å². The van der Waals surface area contributed by atoms with Gasteiger partial charge in [0.15, 0.2) is 0 Å². The van der Waals surface area contributed by atoms with Crippen LogP contribution in [0.15, 0.2) is 22.7 Å².